The summed E-state index contributed by atoms with van der Waals surface area (Å²) in [4.78, 5) is 14.1. The van der Waals surface area contributed by atoms with Crippen LogP contribution in [0.5, 0.6) is 5.75 Å². The number of rotatable bonds is 3. The van der Waals surface area contributed by atoms with Crippen molar-refractivity contribution in [1.82, 2.24) is 4.90 Å². The smallest absolute Gasteiger partial charge is 0.254 e. The van der Waals surface area contributed by atoms with Gasteiger partial charge in [-0.15, -0.1) is 0 Å². The Balaban J connectivity index is 1.60. The number of carbonyl (C=O) groups is 1. The number of amides is 1. The van der Waals surface area contributed by atoms with Gasteiger partial charge in [0.05, 0.1) is 0 Å². The fourth-order valence-electron chi connectivity index (χ4n) is 2.79. The molecular weight excluding hydrogens is 399 g/mol. The van der Waals surface area contributed by atoms with Gasteiger partial charge in [0.2, 0.25) is 0 Å². The second-order valence-electron chi connectivity index (χ2n) is 5.84. The van der Waals surface area contributed by atoms with E-state index in [1.165, 1.54) is 18.2 Å². The summed E-state index contributed by atoms with van der Waals surface area (Å²) >= 11 is 3.17. The monoisotopic (exact) mass is 413 g/mol. The van der Waals surface area contributed by atoms with Crippen LogP contribution in [0.3, 0.4) is 0 Å². The van der Waals surface area contributed by atoms with E-state index in [-0.39, 0.29) is 23.3 Å². The van der Waals surface area contributed by atoms with Crippen molar-refractivity contribution < 1.29 is 22.7 Å². The third kappa shape index (κ3) is 4.34. The summed E-state index contributed by atoms with van der Waals surface area (Å²) in [6.07, 6.45) is 0.765. The van der Waals surface area contributed by atoms with Gasteiger partial charge in [0.1, 0.15) is 17.7 Å². The summed E-state index contributed by atoms with van der Waals surface area (Å²) in [6, 6.07) is 7.22. The van der Waals surface area contributed by atoms with Gasteiger partial charge in [0.15, 0.2) is 11.6 Å². The van der Waals surface area contributed by atoms with E-state index in [0.29, 0.717) is 30.4 Å². The van der Waals surface area contributed by atoms with E-state index in [4.69, 9.17) is 4.74 Å². The summed E-state index contributed by atoms with van der Waals surface area (Å²) in [5.41, 5.74) is 0.274. The highest BCUT2D eigenvalue weighted by Gasteiger charge is 2.25. The number of halogens is 4. The number of hydrogen-bond acceptors (Lipinski definition) is 2. The molecule has 0 spiro atoms. The van der Waals surface area contributed by atoms with Gasteiger partial charge in [-0.05, 0) is 30.3 Å². The number of piperidine rings is 1. The van der Waals surface area contributed by atoms with E-state index in [2.05, 4.69) is 15.9 Å². The Morgan fingerprint density at radius 3 is 2.40 bits per heavy atom. The van der Waals surface area contributed by atoms with E-state index in [1.807, 2.05) is 0 Å². The van der Waals surface area contributed by atoms with Crippen LogP contribution in [-0.4, -0.2) is 30.0 Å². The highest BCUT2D eigenvalue weighted by Crippen LogP contribution is 2.24. The van der Waals surface area contributed by atoms with E-state index >= 15 is 0 Å². The first-order valence-corrected chi connectivity index (χ1v) is 8.59. The van der Waals surface area contributed by atoms with Gasteiger partial charge < -0.3 is 9.64 Å². The molecule has 3 rings (SSSR count). The number of carbonyl (C=O) groups excluding carboxylic acids is 1. The lowest BCUT2D eigenvalue weighted by atomic mass is 10.1. The lowest BCUT2D eigenvalue weighted by molar-refractivity contribution is 0.0587. The molecule has 0 saturated carbocycles. The molecule has 132 valence electrons. The van der Waals surface area contributed by atoms with Crippen LogP contribution in [0, 0.1) is 17.5 Å². The highest BCUT2D eigenvalue weighted by molar-refractivity contribution is 9.10. The predicted octanol–water partition coefficient (Wildman–Crippen LogP) is 4.55. The largest absolute Gasteiger partial charge is 0.487 e. The maximum absolute atomic E-state index is 13.6. The van der Waals surface area contributed by atoms with Crippen molar-refractivity contribution in [1.29, 1.82) is 0 Å². The molecule has 1 fully saturated rings. The van der Waals surface area contributed by atoms with E-state index < -0.39 is 17.5 Å². The molecule has 1 saturated heterocycles. The second-order valence-corrected chi connectivity index (χ2v) is 6.76. The van der Waals surface area contributed by atoms with Gasteiger partial charge >= 0.3 is 0 Å². The molecule has 25 heavy (non-hydrogen) atoms. The zero-order chi connectivity index (χ0) is 18.0. The van der Waals surface area contributed by atoms with Crippen molar-refractivity contribution in [2.45, 2.75) is 18.9 Å². The minimum absolute atomic E-state index is 0.000220. The summed E-state index contributed by atoms with van der Waals surface area (Å²) in [5.74, 6) is -2.15. The average molecular weight is 414 g/mol. The first-order chi connectivity index (χ1) is 11.9. The second kappa shape index (κ2) is 7.47. The van der Waals surface area contributed by atoms with Gasteiger partial charge in [0, 0.05) is 42.0 Å². The SMILES string of the molecule is O=C(c1cc(F)cc(Br)c1)N1CCC(Oc2ccc(F)cc2F)CC1. The van der Waals surface area contributed by atoms with E-state index in [9.17, 15) is 18.0 Å². The number of nitrogens with zero attached hydrogens (tertiary/aromatic N) is 1. The van der Waals surface area contributed by atoms with Crippen LogP contribution in [0.15, 0.2) is 40.9 Å². The zero-order valence-electron chi connectivity index (χ0n) is 13.1. The van der Waals surface area contributed by atoms with Gasteiger partial charge in [-0.25, -0.2) is 13.2 Å². The topological polar surface area (TPSA) is 29.5 Å². The molecular formula is C18H15BrF3NO2. The van der Waals surface area contributed by atoms with Crippen LogP contribution in [0.25, 0.3) is 0 Å². The fourth-order valence-corrected chi connectivity index (χ4v) is 3.25. The lowest BCUT2D eigenvalue weighted by Gasteiger charge is -2.32. The van der Waals surface area contributed by atoms with Crippen LogP contribution in [-0.2, 0) is 0 Å². The van der Waals surface area contributed by atoms with Crippen LogP contribution in [0.4, 0.5) is 13.2 Å². The van der Waals surface area contributed by atoms with E-state index in [1.54, 1.807) is 11.0 Å². The van der Waals surface area contributed by atoms with Crippen LogP contribution in [0.1, 0.15) is 23.2 Å². The lowest BCUT2D eigenvalue weighted by Crippen LogP contribution is -2.41. The standard InChI is InChI=1S/C18H15BrF3NO2/c19-12-7-11(8-14(21)9-12)18(24)23-5-3-15(4-6-23)25-17-2-1-13(20)10-16(17)22/h1-2,7-10,15H,3-6H2. The Morgan fingerprint density at radius 1 is 1.04 bits per heavy atom. The van der Waals surface area contributed by atoms with Crippen molar-refractivity contribution in [2.24, 2.45) is 0 Å². The quantitative estimate of drug-likeness (QED) is 0.738. The summed E-state index contributed by atoms with van der Waals surface area (Å²) in [6.45, 7) is 0.834. The zero-order valence-corrected chi connectivity index (χ0v) is 14.7. The van der Waals surface area contributed by atoms with E-state index in [0.717, 1.165) is 12.1 Å². The average Bonchev–Trinajstić information content (AvgIpc) is 2.56. The molecule has 0 atom stereocenters. The molecule has 1 aliphatic rings. The maximum Gasteiger partial charge on any atom is 0.254 e. The van der Waals surface area contributed by atoms with Crippen LogP contribution < -0.4 is 4.74 Å². The predicted molar refractivity (Wildman–Crippen MR) is 90.0 cm³/mol. The Bertz CT molecular complexity index is 772. The minimum atomic E-state index is -0.747. The molecule has 1 aliphatic heterocycles. The van der Waals surface area contributed by atoms with Crippen molar-refractivity contribution in [2.75, 3.05) is 13.1 Å². The molecule has 2 aromatic rings. The molecule has 0 aliphatic carbocycles. The Kier molecular flexibility index (Phi) is 5.32. The van der Waals surface area contributed by atoms with Crippen molar-refractivity contribution in [3.63, 3.8) is 0 Å². The number of benzene rings is 2. The van der Waals surface area contributed by atoms with Crippen LogP contribution in [0.2, 0.25) is 0 Å². The highest BCUT2D eigenvalue weighted by atomic mass is 79.9. The number of hydrogen-bond donors (Lipinski definition) is 0. The Labute approximate surface area is 151 Å². The first-order valence-electron chi connectivity index (χ1n) is 7.79. The van der Waals surface area contributed by atoms with Gasteiger partial charge in [-0.1, -0.05) is 15.9 Å². The normalized spacial score (nSPS) is 15.3. The number of likely N-dealkylation sites (tertiary alicyclic amines) is 1. The van der Waals surface area contributed by atoms with Gasteiger partial charge in [0.25, 0.3) is 5.91 Å². The Hall–Kier alpha value is -2.02. The summed E-state index contributed by atoms with van der Waals surface area (Å²) in [7, 11) is 0. The molecule has 0 radical (unpaired) electrons. The third-order valence-electron chi connectivity index (χ3n) is 4.03. The molecule has 1 heterocycles. The first kappa shape index (κ1) is 17.8. The fraction of sp³-hybridized carbons (Fsp3) is 0.278. The third-order valence-corrected chi connectivity index (χ3v) is 4.48. The summed E-state index contributed by atoms with van der Waals surface area (Å²) in [5, 5.41) is 0. The van der Waals surface area contributed by atoms with Crippen molar-refractivity contribution in [3.8, 4) is 5.75 Å². The molecule has 0 aromatic heterocycles. The maximum atomic E-state index is 13.6. The molecule has 7 heteroatoms. The summed E-state index contributed by atoms with van der Waals surface area (Å²) < 4.78 is 46.1. The Morgan fingerprint density at radius 2 is 1.76 bits per heavy atom. The molecule has 0 bridgehead atoms. The van der Waals surface area contributed by atoms with Crippen molar-refractivity contribution in [3.05, 3.63) is 63.9 Å². The molecule has 0 unspecified atom stereocenters. The van der Waals surface area contributed by atoms with Crippen LogP contribution >= 0.6 is 15.9 Å². The van der Waals surface area contributed by atoms with Gasteiger partial charge in [-0.3, -0.25) is 4.79 Å². The molecule has 3 nitrogen and oxygen atoms in total. The van der Waals surface area contributed by atoms with Crippen molar-refractivity contribution >= 4 is 21.8 Å². The molecule has 1 amide bonds. The minimum Gasteiger partial charge on any atom is -0.487 e. The number of ether oxygens (including phenoxy) is 1. The molecule has 0 N–H and O–H groups in total. The van der Waals surface area contributed by atoms with Gasteiger partial charge in [-0.2, -0.15) is 0 Å². The molecule has 2 aromatic carbocycles.